The van der Waals surface area contributed by atoms with Crippen LogP contribution in [0.5, 0.6) is 0 Å². The van der Waals surface area contributed by atoms with Crippen molar-refractivity contribution in [1.29, 1.82) is 0 Å². The minimum absolute atomic E-state index is 0. The Balaban J connectivity index is 0.00000220. The normalized spacial score (nSPS) is 16.3. The van der Waals surface area contributed by atoms with Gasteiger partial charge < -0.3 is 10.6 Å². The number of hydrogen-bond acceptors (Lipinski definition) is 3. The maximum Gasteiger partial charge on any atom is 0.220 e. The van der Waals surface area contributed by atoms with Crippen LogP contribution in [0.15, 0.2) is 17.5 Å². The van der Waals surface area contributed by atoms with Crippen LogP contribution in [0.25, 0.3) is 0 Å². The highest BCUT2D eigenvalue weighted by Gasteiger charge is 2.22. The number of carbonyl (C=O) groups excluding carboxylic acids is 1. The first kappa shape index (κ1) is 18.5. The summed E-state index contributed by atoms with van der Waals surface area (Å²) in [5.41, 5.74) is 0.0264. The van der Waals surface area contributed by atoms with Crippen molar-refractivity contribution in [1.82, 2.24) is 10.6 Å². The van der Waals surface area contributed by atoms with E-state index in [4.69, 9.17) is 0 Å². The Morgan fingerprint density at radius 3 is 2.76 bits per heavy atom. The quantitative estimate of drug-likeness (QED) is 0.840. The van der Waals surface area contributed by atoms with Gasteiger partial charge in [0, 0.05) is 23.3 Å². The van der Waals surface area contributed by atoms with Crippen molar-refractivity contribution in [3.05, 3.63) is 22.4 Å². The van der Waals surface area contributed by atoms with Crippen molar-refractivity contribution in [3.63, 3.8) is 0 Å². The van der Waals surface area contributed by atoms with Crippen LogP contribution in [-0.4, -0.2) is 25.5 Å². The molecular formula is C16H27ClN2OS. The third-order valence-corrected chi connectivity index (χ3v) is 5.39. The van der Waals surface area contributed by atoms with E-state index in [1.165, 1.54) is 17.7 Å². The van der Waals surface area contributed by atoms with E-state index in [0.29, 0.717) is 6.42 Å². The van der Waals surface area contributed by atoms with Gasteiger partial charge in [0.1, 0.15) is 0 Å². The Hall–Kier alpha value is -0.580. The van der Waals surface area contributed by atoms with Gasteiger partial charge in [-0.15, -0.1) is 23.7 Å². The number of thiophene rings is 1. The molecule has 2 N–H and O–H groups in total. The van der Waals surface area contributed by atoms with Crippen LogP contribution in [0.1, 0.15) is 44.4 Å². The van der Waals surface area contributed by atoms with Gasteiger partial charge in [-0.25, -0.2) is 0 Å². The summed E-state index contributed by atoms with van der Waals surface area (Å²) in [5.74, 6) is 0.931. The second-order valence-electron chi connectivity index (χ2n) is 6.37. The van der Waals surface area contributed by atoms with Crippen LogP contribution in [0.4, 0.5) is 0 Å². The lowest BCUT2D eigenvalue weighted by Gasteiger charge is -2.25. The van der Waals surface area contributed by atoms with Gasteiger partial charge in [0.05, 0.1) is 0 Å². The van der Waals surface area contributed by atoms with Crippen LogP contribution >= 0.6 is 23.7 Å². The molecule has 3 nitrogen and oxygen atoms in total. The zero-order valence-corrected chi connectivity index (χ0v) is 14.6. The summed E-state index contributed by atoms with van der Waals surface area (Å²) >= 11 is 1.76. The maximum atomic E-state index is 12.0. The standard InChI is InChI=1S/C16H26N2OS.ClH/c1-16(2,14-4-3-11-20-14)12-18-15(19)6-5-13-7-9-17-10-8-13;/h3-4,11,13,17H,5-10,12H2,1-2H3,(H,18,19);1H. The van der Waals surface area contributed by atoms with E-state index in [0.717, 1.165) is 32.0 Å². The molecule has 2 rings (SSSR count). The van der Waals surface area contributed by atoms with E-state index in [1.807, 2.05) is 0 Å². The molecule has 1 aliphatic heterocycles. The highest BCUT2D eigenvalue weighted by molar-refractivity contribution is 7.10. The molecular weight excluding hydrogens is 304 g/mol. The van der Waals surface area contributed by atoms with Gasteiger partial charge in [-0.2, -0.15) is 0 Å². The molecule has 0 aromatic carbocycles. The number of amides is 1. The van der Waals surface area contributed by atoms with Crippen molar-refractivity contribution >= 4 is 29.7 Å². The van der Waals surface area contributed by atoms with E-state index >= 15 is 0 Å². The fourth-order valence-electron chi connectivity index (χ4n) is 2.66. The molecule has 120 valence electrons. The monoisotopic (exact) mass is 330 g/mol. The van der Waals surface area contributed by atoms with E-state index < -0.39 is 0 Å². The third kappa shape index (κ3) is 5.97. The predicted molar refractivity (Wildman–Crippen MR) is 92.4 cm³/mol. The first-order valence-electron chi connectivity index (χ1n) is 7.59. The second kappa shape index (κ2) is 8.76. The number of hydrogen-bond donors (Lipinski definition) is 2. The molecule has 1 aliphatic rings. The molecule has 1 amide bonds. The number of piperidine rings is 1. The first-order chi connectivity index (χ1) is 9.58. The van der Waals surface area contributed by atoms with Gasteiger partial charge in [0.2, 0.25) is 5.91 Å². The summed E-state index contributed by atoms with van der Waals surface area (Å²) in [7, 11) is 0. The predicted octanol–water partition coefficient (Wildman–Crippen LogP) is 3.34. The van der Waals surface area contributed by atoms with Crippen molar-refractivity contribution in [2.75, 3.05) is 19.6 Å². The molecule has 1 fully saturated rings. The minimum atomic E-state index is 0. The zero-order chi connectivity index (χ0) is 14.4. The lowest BCUT2D eigenvalue weighted by atomic mass is 9.91. The Bertz CT molecular complexity index is 414. The average molecular weight is 331 g/mol. The highest BCUT2D eigenvalue weighted by Crippen LogP contribution is 2.26. The van der Waals surface area contributed by atoms with Crippen LogP contribution in [0, 0.1) is 5.92 Å². The molecule has 1 saturated heterocycles. The number of nitrogens with one attached hydrogen (secondary N) is 2. The van der Waals surface area contributed by atoms with Crippen LogP contribution in [-0.2, 0) is 10.2 Å². The summed E-state index contributed by atoms with van der Waals surface area (Å²) < 4.78 is 0. The van der Waals surface area contributed by atoms with Gasteiger partial charge in [-0.05, 0) is 49.7 Å². The average Bonchev–Trinajstić information content (AvgIpc) is 2.99. The SMILES string of the molecule is CC(C)(CNC(=O)CCC1CCNCC1)c1cccs1.Cl. The summed E-state index contributed by atoms with van der Waals surface area (Å²) in [5, 5.41) is 8.56. The van der Waals surface area contributed by atoms with Crippen molar-refractivity contribution in [2.24, 2.45) is 5.92 Å². The smallest absolute Gasteiger partial charge is 0.220 e. The van der Waals surface area contributed by atoms with Gasteiger partial charge in [0.25, 0.3) is 0 Å². The highest BCUT2D eigenvalue weighted by atomic mass is 35.5. The van der Waals surface area contributed by atoms with Crippen molar-refractivity contribution in [3.8, 4) is 0 Å². The van der Waals surface area contributed by atoms with Crippen LogP contribution < -0.4 is 10.6 Å². The molecule has 2 heterocycles. The van der Waals surface area contributed by atoms with Crippen molar-refractivity contribution in [2.45, 2.75) is 44.9 Å². The summed E-state index contributed by atoms with van der Waals surface area (Å²) in [6, 6.07) is 4.21. The molecule has 0 spiro atoms. The van der Waals surface area contributed by atoms with E-state index in [9.17, 15) is 4.79 Å². The summed E-state index contributed by atoms with van der Waals surface area (Å²) in [6.07, 6.45) is 4.14. The molecule has 0 radical (unpaired) electrons. The molecule has 21 heavy (non-hydrogen) atoms. The Kier molecular flexibility index (Phi) is 7.71. The minimum Gasteiger partial charge on any atom is -0.355 e. The second-order valence-corrected chi connectivity index (χ2v) is 7.32. The molecule has 0 atom stereocenters. The molecule has 5 heteroatoms. The Labute approximate surface area is 138 Å². The number of carbonyl (C=O) groups is 1. The van der Waals surface area contributed by atoms with E-state index in [-0.39, 0.29) is 23.7 Å². The summed E-state index contributed by atoms with van der Waals surface area (Å²) in [6.45, 7) is 7.31. The fourth-order valence-corrected chi connectivity index (χ4v) is 3.52. The molecule has 1 aromatic rings. The largest absolute Gasteiger partial charge is 0.355 e. The third-order valence-electron chi connectivity index (χ3n) is 4.15. The topological polar surface area (TPSA) is 41.1 Å². The van der Waals surface area contributed by atoms with E-state index in [2.05, 4.69) is 42.0 Å². The van der Waals surface area contributed by atoms with E-state index in [1.54, 1.807) is 11.3 Å². The van der Waals surface area contributed by atoms with Crippen LogP contribution in [0.3, 0.4) is 0 Å². The molecule has 0 unspecified atom stereocenters. The fraction of sp³-hybridized carbons (Fsp3) is 0.688. The zero-order valence-electron chi connectivity index (χ0n) is 13.0. The lowest BCUT2D eigenvalue weighted by molar-refractivity contribution is -0.121. The maximum absolute atomic E-state index is 12.0. The van der Waals surface area contributed by atoms with Gasteiger partial charge in [0.15, 0.2) is 0 Å². The van der Waals surface area contributed by atoms with Crippen molar-refractivity contribution < 1.29 is 4.79 Å². The molecule has 0 aliphatic carbocycles. The van der Waals surface area contributed by atoms with Gasteiger partial charge in [-0.3, -0.25) is 4.79 Å². The summed E-state index contributed by atoms with van der Waals surface area (Å²) in [4.78, 5) is 13.3. The number of rotatable bonds is 6. The van der Waals surface area contributed by atoms with Crippen LogP contribution in [0.2, 0.25) is 0 Å². The Morgan fingerprint density at radius 1 is 1.43 bits per heavy atom. The lowest BCUT2D eigenvalue weighted by Crippen LogP contribution is -2.36. The first-order valence-corrected chi connectivity index (χ1v) is 8.47. The molecule has 0 bridgehead atoms. The van der Waals surface area contributed by atoms with Gasteiger partial charge >= 0.3 is 0 Å². The Morgan fingerprint density at radius 2 is 2.14 bits per heavy atom. The number of halogens is 1. The van der Waals surface area contributed by atoms with Gasteiger partial charge in [-0.1, -0.05) is 19.9 Å². The molecule has 1 aromatic heterocycles. The molecule has 0 saturated carbocycles.